The van der Waals surface area contributed by atoms with Gasteiger partial charge < -0.3 is 5.32 Å². The zero-order valence-electron chi connectivity index (χ0n) is 9.13. The first-order valence-corrected chi connectivity index (χ1v) is 8.06. The molecule has 0 aliphatic rings. The summed E-state index contributed by atoms with van der Waals surface area (Å²) in [6.45, 7) is 1.85. The van der Waals surface area contributed by atoms with Gasteiger partial charge in [-0.3, -0.25) is 4.79 Å². The van der Waals surface area contributed by atoms with Crippen LogP contribution in [0.2, 0.25) is 0 Å². The molecule has 0 aliphatic carbocycles. The van der Waals surface area contributed by atoms with Gasteiger partial charge in [-0.25, -0.2) is 4.98 Å². The van der Waals surface area contributed by atoms with Crippen molar-refractivity contribution in [3.8, 4) is 0 Å². The van der Waals surface area contributed by atoms with Crippen molar-refractivity contribution in [1.82, 2.24) is 4.98 Å². The fourth-order valence-electron chi connectivity index (χ4n) is 1.35. The van der Waals surface area contributed by atoms with E-state index in [1.165, 1.54) is 11.3 Å². The van der Waals surface area contributed by atoms with Crippen molar-refractivity contribution < 1.29 is 4.79 Å². The lowest BCUT2D eigenvalue weighted by Gasteiger charge is -2.07. The number of nitrogens with zero attached hydrogens (tertiary/aromatic N) is 1. The van der Waals surface area contributed by atoms with Crippen molar-refractivity contribution in [2.45, 2.75) is 6.92 Å². The van der Waals surface area contributed by atoms with Gasteiger partial charge in [-0.15, -0.1) is 11.3 Å². The van der Waals surface area contributed by atoms with Crippen molar-refractivity contribution >= 4 is 70.7 Å². The topological polar surface area (TPSA) is 42.0 Å². The summed E-state index contributed by atoms with van der Waals surface area (Å²) in [5, 5.41) is 2.84. The highest BCUT2D eigenvalue weighted by molar-refractivity contribution is 9.12. The second-order valence-corrected chi connectivity index (χ2v) is 8.02. The number of carbonyl (C=O) groups is 1. The lowest BCUT2D eigenvalue weighted by molar-refractivity contribution is 0.102. The zero-order valence-corrected chi connectivity index (χ0v) is 14.7. The second-order valence-electron chi connectivity index (χ2n) is 3.46. The van der Waals surface area contributed by atoms with Crippen LogP contribution >= 0.6 is 59.1 Å². The van der Waals surface area contributed by atoms with E-state index in [1.54, 1.807) is 12.1 Å². The molecule has 18 heavy (non-hydrogen) atoms. The van der Waals surface area contributed by atoms with Crippen molar-refractivity contribution in [3.05, 3.63) is 41.6 Å². The normalized spacial score (nSPS) is 10.4. The Balaban J connectivity index is 2.24. The molecule has 0 spiro atoms. The second kappa shape index (κ2) is 5.81. The molecule has 0 aliphatic heterocycles. The number of carbonyl (C=O) groups excluding carboxylic acids is 1. The molecule has 2 rings (SSSR count). The molecule has 2 heterocycles. The molecule has 1 N–H and O–H groups in total. The van der Waals surface area contributed by atoms with E-state index in [0.29, 0.717) is 11.3 Å². The predicted octanol–water partition coefficient (Wildman–Crippen LogP) is 4.99. The summed E-state index contributed by atoms with van der Waals surface area (Å²) in [5.41, 5.74) is 2.08. The number of amides is 1. The molecule has 0 saturated heterocycles. The molecule has 3 nitrogen and oxygen atoms in total. The van der Waals surface area contributed by atoms with Crippen LogP contribution in [0.25, 0.3) is 0 Å². The predicted molar refractivity (Wildman–Crippen MR) is 84.3 cm³/mol. The van der Waals surface area contributed by atoms with E-state index >= 15 is 0 Å². The van der Waals surface area contributed by atoms with Crippen LogP contribution in [-0.4, -0.2) is 10.9 Å². The summed E-state index contributed by atoms with van der Waals surface area (Å²) < 4.78 is 2.46. The highest BCUT2D eigenvalue weighted by atomic mass is 79.9. The Hall–Kier alpha value is -0.240. The van der Waals surface area contributed by atoms with Gasteiger partial charge in [0, 0.05) is 0 Å². The molecular formula is C11H7Br3N2OS. The SMILES string of the molecule is Cc1nc(Br)ccc1NC(=O)c1cc(Br)sc1Br. The minimum absolute atomic E-state index is 0.156. The van der Waals surface area contributed by atoms with E-state index in [0.717, 1.165) is 17.9 Å². The number of nitrogens with one attached hydrogen (secondary N) is 1. The van der Waals surface area contributed by atoms with E-state index in [4.69, 9.17) is 0 Å². The first-order valence-electron chi connectivity index (χ1n) is 4.86. The summed E-state index contributed by atoms with van der Waals surface area (Å²) >= 11 is 11.5. The van der Waals surface area contributed by atoms with Crippen LogP contribution in [-0.2, 0) is 0 Å². The molecular weight excluding hydrogens is 448 g/mol. The molecule has 2 aromatic heterocycles. The van der Waals surface area contributed by atoms with Crippen LogP contribution in [0.15, 0.2) is 30.4 Å². The van der Waals surface area contributed by atoms with Crippen LogP contribution in [0, 0.1) is 6.92 Å². The van der Waals surface area contributed by atoms with Crippen LogP contribution < -0.4 is 5.32 Å². The van der Waals surface area contributed by atoms with Gasteiger partial charge in [-0.1, -0.05) is 0 Å². The monoisotopic (exact) mass is 452 g/mol. The highest BCUT2D eigenvalue weighted by Gasteiger charge is 2.14. The standard InChI is InChI=1S/C11H7Br3N2OS/c1-5-7(2-3-8(12)15-5)16-11(17)6-4-9(13)18-10(6)14/h2-4H,1H3,(H,16,17). The summed E-state index contributed by atoms with van der Waals surface area (Å²) in [6, 6.07) is 5.40. The number of pyridine rings is 1. The molecule has 0 radical (unpaired) electrons. The maximum absolute atomic E-state index is 12.1. The number of rotatable bonds is 2. The fraction of sp³-hybridized carbons (Fsp3) is 0.0909. The van der Waals surface area contributed by atoms with E-state index in [9.17, 15) is 4.79 Å². The first kappa shape index (κ1) is 14.2. The van der Waals surface area contributed by atoms with Crippen molar-refractivity contribution in [2.75, 3.05) is 5.32 Å². The Morgan fingerprint density at radius 2 is 2.06 bits per heavy atom. The van der Waals surface area contributed by atoms with Gasteiger partial charge in [0.1, 0.15) is 4.60 Å². The average molecular weight is 455 g/mol. The Bertz CT molecular complexity index is 612. The quantitative estimate of drug-likeness (QED) is 0.649. The Morgan fingerprint density at radius 3 is 2.61 bits per heavy atom. The third-order valence-corrected chi connectivity index (χ3v) is 4.98. The molecule has 94 valence electrons. The van der Waals surface area contributed by atoms with E-state index in [1.807, 2.05) is 13.0 Å². The molecule has 0 unspecified atom stereocenters. The van der Waals surface area contributed by atoms with E-state index in [2.05, 4.69) is 58.1 Å². The summed E-state index contributed by atoms with van der Waals surface area (Å²) in [6.07, 6.45) is 0. The third kappa shape index (κ3) is 3.20. The maximum Gasteiger partial charge on any atom is 0.257 e. The van der Waals surface area contributed by atoms with Crippen LogP contribution in [0.4, 0.5) is 5.69 Å². The Kier molecular flexibility index (Phi) is 4.58. The van der Waals surface area contributed by atoms with E-state index in [-0.39, 0.29) is 5.91 Å². The molecule has 0 bridgehead atoms. The number of anilines is 1. The average Bonchev–Trinajstić information content (AvgIpc) is 2.62. The summed E-state index contributed by atoms with van der Waals surface area (Å²) in [7, 11) is 0. The fourth-order valence-corrected chi connectivity index (χ4v) is 4.54. The van der Waals surface area contributed by atoms with Crippen molar-refractivity contribution in [2.24, 2.45) is 0 Å². The molecule has 0 atom stereocenters. The first-order chi connectivity index (χ1) is 8.47. The number of thiophene rings is 1. The zero-order chi connectivity index (χ0) is 13.3. The van der Waals surface area contributed by atoms with Gasteiger partial charge in [-0.05, 0) is 72.9 Å². The van der Waals surface area contributed by atoms with Crippen LogP contribution in [0.1, 0.15) is 16.1 Å². The minimum Gasteiger partial charge on any atom is -0.320 e. The Morgan fingerprint density at radius 1 is 1.33 bits per heavy atom. The Labute approximate surface area is 133 Å². The van der Waals surface area contributed by atoms with Gasteiger partial charge in [0.2, 0.25) is 0 Å². The van der Waals surface area contributed by atoms with E-state index < -0.39 is 0 Å². The third-order valence-electron chi connectivity index (χ3n) is 2.20. The summed E-state index contributed by atoms with van der Waals surface area (Å²) in [5.74, 6) is -0.156. The number of hydrogen-bond acceptors (Lipinski definition) is 3. The van der Waals surface area contributed by atoms with Gasteiger partial charge in [0.25, 0.3) is 5.91 Å². The van der Waals surface area contributed by atoms with Gasteiger partial charge in [0.15, 0.2) is 0 Å². The molecule has 0 fully saturated rings. The van der Waals surface area contributed by atoms with Gasteiger partial charge in [-0.2, -0.15) is 0 Å². The summed E-state index contributed by atoms with van der Waals surface area (Å²) in [4.78, 5) is 16.3. The number of aromatic nitrogens is 1. The molecule has 7 heteroatoms. The maximum atomic E-state index is 12.1. The van der Waals surface area contributed by atoms with Crippen molar-refractivity contribution in [1.29, 1.82) is 0 Å². The number of hydrogen-bond donors (Lipinski definition) is 1. The lowest BCUT2D eigenvalue weighted by Crippen LogP contribution is -2.12. The molecule has 0 aromatic carbocycles. The molecule has 0 saturated carbocycles. The molecule has 1 amide bonds. The minimum atomic E-state index is -0.156. The lowest BCUT2D eigenvalue weighted by atomic mass is 10.2. The molecule has 2 aromatic rings. The van der Waals surface area contributed by atoms with Crippen LogP contribution in [0.5, 0.6) is 0 Å². The van der Waals surface area contributed by atoms with Crippen LogP contribution in [0.3, 0.4) is 0 Å². The van der Waals surface area contributed by atoms with Crippen molar-refractivity contribution in [3.63, 3.8) is 0 Å². The largest absolute Gasteiger partial charge is 0.320 e. The van der Waals surface area contributed by atoms with Gasteiger partial charge >= 0.3 is 0 Å². The number of aryl methyl sites for hydroxylation is 1. The smallest absolute Gasteiger partial charge is 0.257 e. The number of halogens is 3. The highest BCUT2D eigenvalue weighted by Crippen LogP contribution is 2.32. The van der Waals surface area contributed by atoms with Gasteiger partial charge in [0.05, 0.1) is 24.5 Å².